The molecule has 13 heteroatoms. The van der Waals surface area contributed by atoms with Crippen molar-refractivity contribution in [2.45, 2.75) is 23.9 Å². The molecule has 0 saturated carbocycles. The molecule has 48 heavy (non-hydrogen) atoms. The second-order valence-electron chi connectivity index (χ2n) is 12.0. The maximum absolute atomic E-state index is 6.60. The Morgan fingerprint density at radius 3 is 2.31 bits per heavy atom. The number of anilines is 2. The van der Waals surface area contributed by atoms with Gasteiger partial charge >= 0.3 is 0 Å². The van der Waals surface area contributed by atoms with E-state index in [1.54, 1.807) is 43.5 Å². The first-order valence-corrected chi connectivity index (χ1v) is 17.6. The second kappa shape index (κ2) is 14.6. The van der Waals surface area contributed by atoms with Crippen LogP contribution in [0.4, 0.5) is 17.1 Å². The summed E-state index contributed by atoms with van der Waals surface area (Å²) in [6.07, 6.45) is 5.02. The molecule has 252 valence electrons. The van der Waals surface area contributed by atoms with E-state index in [1.807, 2.05) is 29.0 Å². The van der Waals surface area contributed by atoms with Gasteiger partial charge in [-0.1, -0.05) is 41.0 Å². The van der Waals surface area contributed by atoms with E-state index in [-0.39, 0.29) is 11.5 Å². The van der Waals surface area contributed by atoms with Crippen molar-refractivity contribution in [2.24, 2.45) is 4.99 Å². The Balaban J connectivity index is 0.912. The number of imidazole rings is 1. The van der Waals surface area contributed by atoms with Gasteiger partial charge in [-0.3, -0.25) is 0 Å². The molecule has 0 bridgehead atoms. The largest absolute Gasteiger partial charge is 0.491 e. The van der Waals surface area contributed by atoms with Gasteiger partial charge in [0.2, 0.25) is 5.79 Å². The minimum Gasteiger partial charge on any atom is -0.491 e. The Bertz CT molecular complexity index is 1700. The molecular formula is C35H38Cl2N6O4S. The van der Waals surface area contributed by atoms with Crippen LogP contribution in [0.15, 0.2) is 90.4 Å². The monoisotopic (exact) mass is 708 g/mol. The van der Waals surface area contributed by atoms with Crippen LogP contribution >= 0.6 is 35.0 Å². The first-order valence-electron chi connectivity index (χ1n) is 15.9. The SMILES string of the molecule is COC1CN(C)C(=Nc2ccc(N3CCN(c4ccc(OCC5COC(Cn6ccnc6)(c6ccc(Cl)cc6Cl)O5)cc4)CC3)cc2)S1. The molecule has 3 atom stereocenters. The predicted octanol–water partition coefficient (Wildman–Crippen LogP) is 6.50. The van der Waals surface area contributed by atoms with Crippen LogP contribution in [0.2, 0.25) is 10.0 Å². The van der Waals surface area contributed by atoms with Gasteiger partial charge in [0.15, 0.2) is 5.17 Å². The second-order valence-corrected chi connectivity index (χ2v) is 14.0. The molecule has 3 fully saturated rings. The minimum absolute atomic E-state index is 0.136. The molecule has 3 unspecified atom stereocenters. The van der Waals surface area contributed by atoms with Crippen molar-refractivity contribution in [3.8, 4) is 5.75 Å². The number of ether oxygens (including phenoxy) is 4. The summed E-state index contributed by atoms with van der Waals surface area (Å²) in [4.78, 5) is 16.0. The molecule has 0 radical (unpaired) electrons. The van der Waals surface area contributed by atoms with Gasteiger partial charge in [0, 0.05) is 74.7 Å². The quantitative estimate of drug-likeness (QED) is 0.184. The maximum atomic E-state index is 6.60. The van der Waals surface area contributed by atoms with E-state index < -0.39 is 5.79 Å². The Morgan fingerprint density at radius 1 is 0.979 bits per heavy atom. The fraction of sp³-hybridized carbons (Fsp3) is 0.371. The van der Waals surface area contributed by atoms with E-state index in [1.165, 1.54) is 11.4 Å². The molecule has 0 N–H and O–H groups in total. The van der Waals surface area contributed by atoms with Gasteiger partial charge < -0.3 is 38.2 Å². The van der Waals surface area contributed by atoms with Gasteiger partial charge in [0.1, 0.15) is 23.9 Å². The van der Waals surface area contributed by atoms with Gasteiger partial charge in [-0.05, 0) is 60.7 Å². The lowest BCUT2D eigenvalue weighted by atomic mass is 10.1. The van der Waals surface area contributed by atoms with Crippen LogP contribution in [0.5, 0.6) is 5.75 Å². The third kappa shape index (κ3) is 7.41. The van der Waals surface area contributed by atoms with Crippen LogP contribution in [-0.4, -0.2) is 91.3 Å². The molecule has 10 nitrogen and oxygen atoms in total. The number of thioether (sulfide) groups is 1. The van der Waals surface area contributed by atoms with Crippen molar-refractivity contribution < 1.29 is 18.9 Å². The van der Waals surface area contributed by atoms with E-state index in [0.29, 0.717) is 35.4 Å². The summed E-state index contributed by atoms with van der Waals surface area (Å²) in [7, 11) is 3.79. The van der Waals surface area contributed by atoms with Gasteiger partial charge in [-0.2, -0.15) is 0 Å². The maximum Gasteiger partial charge on any atom is 0.215 e. The van der Waals surface area contributed by atoms with Crippen LogP contribution in [0.3, 0.4) is 0 Å². The Kier molecular flexibility index (Phi) is 10.0. The fourth-order valence-corrected chi connectivity index (χ4v) is 7.76. The molecule has 7 rings (SSSR count). The smallest absolute Gasteiger partial charge is 0.215 e. The number of methoxy groups -OCH3 is 1. The zero-order valence-electron chi connectivity index (χ0n) is 26.9. The molecule has 4 heterocycles. The summed E-state index contributed by atoms with van der Waals surface area (Å²) < 4.78 is 26.4. The van der Waals surface area contributed by atoms with Gasteiger partial charge in [-0.15, -0.1) is 0 Å². The van der Waals surface area contributed by atoms with Crippen LogP contribution in [0.25, 0.3) is 0 Å². The Morgan fingerprint density at radius 2 is 1.69 bits per heavy atom. The first-order chi connectivity index (χ1) is 23.4. The van der Waals surface area contributed by atoms with Crippen molar-refractivity contribution in [1.29, 1.82) is 0 Å². The number of likely N-dealkylation sites (N-methyl/N-ethyl adjacent to an activating group) is 1. The lowest BCUT2D eigenvalue weighted by molar-refractivity contribution is -0.189. The topological polar surface area (TPSA) is 76.8 Å². The van der Waals surface area contributed by atoms with Crippen molar-refractivity contribution in [1.82, 2.24) is 14.5 Å². The molecule has 3 aliphatic heterocycles. The molecule has 0 amide bonds. The van der Waals surface area contributed by atoms with Gasteiger partial charge in [0.25, 0.3) is 0 Å². The van der Waals surface area contributed by atoms with Crippen LogP contribution < -0.4 is 14.5 Å². The van der Waals surface area contributed by atoms with Gasteiger partial charge in [0.05, 0.1) is 36.7 Å². The summed E-state index contributed by atoms with van der Waals surface area (Å²) in [5.74, 6) is -0.306. The number of hydrogen-bond acceptors (Lipinski definition) is 9. The molecule has 0 spiro atoms. The Hall–Kier alpha value is -3.45. The van der Waals surface area contributed by atoms with Crippen LogP contribution in [-0.2, 0) is 26.5 Å². The summed E-state index contributed by atoms with van der Waals surface area (Å²) in [6.45, 7) is 5.68. The van der Waals surface area contributed by atoms with E-state index >= 15 is 0 Å². The van der Waals surface area contributed by atoms with E-state index in [0.717, 1.165) is 49.3 Å². The summed E-state index contributed by atoms with van der Waals surface area (Å²) in [5, 5.41) is 2.02. The number of hydrogen-bond donors (Lipinski definition) is 0. The summed E-state index contributed by atoms with van der Waals surface area (Å²) in [6, 6.07) is 22.1. The van der Waals surface area contributed by atoms with Crippen molar-refractivity contribution in [3.05, 3.63) is 101 Å². The number of nitrogens with zero attached hydrogens (tertiary/aromatic N) is 6. The normalized spacial score (nSPS) is 23.8. The molecule has 1 aromatic heterocycles. The average Bonchev–Trinajstić information content (AvgIpc) is 3.86. The first kappa shape index (κ1) is 33.1. The van der Waals surface area contributed by atoms with Crippen molar-refractivity contribution in [3.63, 3.8) is 0 Å². The number of halogens is 2. The lowest BCUT2D eigenvalue weighted by Crippen LogP contribution is -2.46. The number of rotatable bonds is 10. The van der Waals surface area contributed by atoms with Crippen LogP contribution in [0, 0.1) is 0 Å². The number of aliphatic imine (C=N–C) groups is 1. The lowest BCUT2D eigenvalue weighted by Gasteiger charge is -2.37. The highest BCUT2D eigenvalue weighted by atomic mass is 35.5. The Labute approximate surface area is 295 Å². The number of benzene rings is 3. The van der Waals surface area contributed by atoms with E-state index in [9.17, 15) is 0 Å². The molecule has 3 aliphatic rings. The third-order valence-electron chi connectivity index (χ3n) is 8.76. The van der Waals surface area contributed by atoms with E-state index in [2.05, 4.69) is 63.1 Å². The van der Waals surface area contributed by atoms with Crippen molar-refractivity contribution in [2.75, 3.05) is 69.9 Å². The van der Waals surface area contributed by atoms with Crippen molar-refractivity contribution >= 4 is 57.2 Å². The highest BCUT2D eigenvalue weighted by Crippen LogP contribution is 2.41. The fourth-order valence-electron chi connectivity index (χ4n) is 6.17. The number of piperazine rings is 1. The zero-order valence-corrected chi connectivity index (χ0v) is 29.2. The van der Waals surface area contributed by atoms with Crippen LogP contribution in [0.1, 0.15) is 5.56 Å². The van der Waals surface area contributed by atoms with E-state index in [4.69, 9.17) is 47.1 Å². The summed E-state index contributed by atoms with van der Waals surface area (Å²) in [5.41, 5.74) is 4.20. The number of amidine groups is 1. The summed E-state index contributed by atoms with van der Waals surface area (Å²) >= 11 is 14.4. The highest BCUT2D eigenvalue weighted by Gasteiger charge is 2.45. The molecule has 4 aromatic rings. The minimum atomic E-state index is -1.08. The molecule has 3 aromatic carbocycles. The molecule has 3 saturated heterocycles. The average molecular weight is 710 g/mol. The predicted molar refractivity (Wildman–Crippen MR) is 192 cm³/mol. The molecular weight excluding hydrogens is 671 g/mol. The zero-order chi connectivity index (χ0) is 33.1. The third-order valence-corrected chi connectivity index (χ3v) is 10.5. The molecule has 0 aliphatic carbocycles. The number of aromatic nitrogens is 2. The standard InChI is InChI=1S/C35H38Cl2N6O4S/c1-40-20-33(44-2)48-34(40)39-26-4-6-27(7-5-26)42-15-17-43(18-16-42)28-8-10-29(11-9-28)45-21-30-22-46-35(47-30,23-41-14-13-38-24-41)31-12-3-25(36)19-32(31)37/h3-14,19,24,30,33H,15-18,20-23H2,1-2H3. The van der Waals surface area contributed by atoms with Gasteiger partial charge in [-0.25, -0.2) is 9.98 Å². The highest BCUT2D eigenvalue weighted by molar-refractivity contribution is 8.14.